The number of carbonyl (C=O) groups excluding carboxylic acids is 2. The van der Waals surface area contributed by atoms with Gasteiger partial charge in [-0.05, 0) is 62.4 Å². The van der Waals surface area contributed by atoms with Crippen LogP contribution >= 0.6 is 33.9 Å². The van der Waals surface area contributed by atoms with Crippen molar-refractivity contribution in [2.24, 2.45) is 0 Å². The predicted molar refractivity (Wildman–Crippen MR) is 114 cm³/mol. The fraction of sp³-hybridized carbons (Fsp3) is 0.421. The third-order valence-corrected chi connectivity index (χ3v) is 5.09. The molecule has 8 heteroatoms. The molecule has 1 heterocycles. The van der Waals surface area contributed by atoms with Gasteiger partial charge in [-0.2, -0.15) is 0 Å². The van der Waals surface area contributed by atoms with E-state index < -0.39 is 17.7 Å². The van der Waals surface area contributed by atoms with Gasteiger partial charge in [-0.25, -0.2) is 14.6 Å². The van der Waals surface area contributed by atoms with Crippen molar-refractivity contribution in [2.45, 2.75) is 39.7 Å². The van der Waals surface area contributed by atoms with Crippen LogP contribution in [0.15, 0.2) is 24.3 Å². The molecular weight excluding hydrogens is 479 g/mol. The van der Waals surface area contributed by atoms with Gasteiger partial charge in [-0.1, -0.05) is 12.1 Å². The first-order valence-corrected chi connectivity index (χ1v) is 10.5. The lowest BCUT2D eigenvalue weighted by molar-refractivity contribution is 0.0516. The average molecular weight is 502 g/mol. The zero-order valence-corrected chi connectivity index (χ0v) is 18.8. The molecule has 0 bridgehead atoms. The zero-order valence-electron chi connectivity index (χ0n) is 15.8. The molecule has 0 atom stereocenters. The van der Waals surface area contributed by atoms with Crippen LogP contribution in [0.2, 0.25) is 0 Å². The maximum Gasteiger partial charge on any atom is 0.407 e. The maximum absolute atomic E-state index is 12.3. The van der Waals surface area contributed by atoms with Crippen LogP contribution in [0.1, 0.15) is 43.1 Å². The van der Waals surface area contributed by atoms with Crippen LogP contribution in [0, 0.1) is 3.57 Å². The highest BCUT2D eigenvalue weighted by Gasteiger charge is 2.21. The molecule has 1 amide bonds. The van der Waals surface area contributed by atoms with Gasteiger partial charge in [-0.15, -0.1) is 11.3 Å². The largest absolute Gasteiger partial charge is 0.461 e. The molecule has 0 aliphatic carbocycles. The second-order valence-corrected chi connectivity index (χ2v) is 9.03. The van der Waals surface area contributed by atoms with Crippen LogP contribution in [0.25, 0.3) is 10.6 Å². The van der Waals surface area contributed by atoms with Crippen molar-refractivity contribution in [1.82, 2.24) is 10.3 Å². The Kier molecular flexibility index (Phi) is 7.60. The molecule has 0 spiro atoms. The second-order valence-electron chi connectivity index (χ2n) is 6.70. The molecule has 0 aliphatic heterocycles. The lowest BCUT2D eigenvalue weighted by Crippen LogP contribution is -2.33. The highest BCUT2D eigenvalue weighted by atomic mass is 127. The number of halogens is 1. The molecule has 0 saturated carbocycles. The van der Waals surface area contributed by atoms with E-state index in [0.29, 0.717) is 18.7 Å². The molecule has 0 unspecified atom stereocenters. The first-order chi connectivity index (χ1) is 12.7. The topological polar surface area (TPSA) is 77.5 Å². The quantitative estimate of drug-likeness (QED) is 0.460. The Morgan fingerprint density at radius 2 is 2.04 bits per heavy atom. The summed E-state index contributed by atoms with van der Waals surface area (Å²) >= 11 is 3.67. The van der Waals surface area contributed by atoms with Gasteiger partial charge in [0.2, 0.25) is 0 Å². The van der Waals surface area contributed by atoms with E-state index in [-0.39, 0.29) is 6.61 Å². The van der Waals surface area contributed by atoms with Crippen molar-refractivity contribution in [2.75, 3.05) is 13.2 Å². The Labute approximate surface area is 176 Å². The summed E-state index contributed by atoms with van der Waals surface area (Å²) in [6, 6.07) is 7.91. The SMILES string of the molecule is CCOC(=O)c1nc(-c2cccc(I)c2)sc1CCNC(=O)OC(C)(C)C. The Hall–Kier alpha value is -1.68. The summed E-state index contributed by atoms with van der Waals surface area (Å²) in [6.45, 7) is 7.81. The molecule has 0 radical (unpaired) electrons. The van der Waals surface area contributed by atoms with E-state index in [2.05, 4.69) is 32.9 Å². The van der Waals surface area contributed by atoms with Crippen LogP contribution in [0.4, 0.5) is 4.79 Å². The van der Waals surface area contributed by atoms with Gasteiger partial charge in [0.05, 0.1) is 6.61 Å². The van der Waals surface area contributed by atoms with E-state index >= 15 is 0 Å². The molecule has 2 aromatic rings. The van der Waals surface area contributed by atoms with Crippen molar-refractivity contribution in [3.63, 3.8) is 0 Å². The smallest absolute Gasteiger partial charge is 0.407 e. The molecule has 1 aromatic heterocycles. The first kappa shape index (κ1) is 21.6. The van der Waals surface area contributed by atoms with E-state index in [1.54, 1.807) is 6.92 Å². The summed E-state index contributed by atoms with van der Waals surface area (Å²) in [5.74, 6) is -0.446. The first-order valence-electron chi connectivity index (χ1n) is 8.59. The van der Waals surface area contributed by atoms with Crippen molar-refractivity contribution in [3.8, 4) is 10.6 Å². The molecule has 6 nitrogen and oxygen atoms in total. The van der Waals surface area contributed by atoms with Crippen molar-refractivity contribution < 1.29 is 19.1 Å². The van der Waals surface area contributed by atoms with Gasteiger partial charge in [0, 0.05) is 27.0 Å². The molecular formula is C19H23IN2O4S. The van der Waals surface area contributed by atoms with Gasteiger partial charge in [-0.3, -0.25) is 0 Å². The molecule has 27 heavy (non-hydrogen) atoms. The lowest BCUT2D eigenvalue weighted by atomic mass is 10.2. The van der Waals surface area contributed by atoms with Crippen LogP contribution in [-0.2, 0) is 15.9 Å². The van der Waals surface area contributed by atoms with E-state index in [4.69, 9.17) is 9.47 Å². The van der Waals surface area contributed by atoms with Crippen LogP contribution < -0.4 is 5.32 Å². The number of amides is 1. The van der Waals surface area contributed by atoms with Gasteiger partial charge < -0.3 is 14.8 Å². The maximum atomic E-state index is 12.3. The third-order valence-electron chi connectivity index (χ3n) is 3.26. The van der Waals surface area contributed by atoms with E-state index in [0.717, 1.165) is 19.0 Å². The molecule has 1 aromatic carbocycles. The predicted octanol–water partition coefficient (Wildman–Crippen LogP) is 4.66. The number of nitrogens with zero attached hydrogens (tertiary/aromatic N) is 1. The number of hydrogen-bond donors (Lipinski definition) is 1. The highest BCUT2D eigenvalue weighted by molar-refractivity contribution is 14.1. The molecule has 0 aliphatic rings. The van der Waals surface area contributed by atoms with Gasteiger partial charge in [0.25, 0.3) is 0 Å². The van der Waals surface area contributed by atoms with Gasteiger partial charge in [0.1, 0.15) is 10.6 Å². The molecule has 2 rings (SSSR count). The fourth-order valence-corrected chi connectivity index (χ4v) is 3.81. The van der Waals surface area contributed by atoms with Crippen LogP contribution in [-0.4, -0.2) is 35.8 Å². The summed E-state index contributed by atoms with van der Waals surface area (Å²) in [4.78, 5) is 29.3. The summed E-state index contributed by atoms with van der Waals surface area (Å²) in [7, 11) is 0. The number of aromatic nitrogens is 1. The number of thiazole rings is 1. The minimum atomic E-state index is -0.553. The minimum absolute atomic E-state index is 0.282. The van der Waals surface area contributed by atoms with Gasteiger partial charge in [0.15, 0.2) is 5.69 Å². The third kappa shape index (κ3) is 6.76. The Bertz CT molecular complexity index is 814. The normalized spacial score (nSPS) is 11.1. The summed E-state index contributed by atoms with van der Waals surface area (Å²) in [5, 5.41) is 3.46. The zero-order chi connectivity index (χ0) is 20.0. The second kappa shape index (κ2) is 9.50. The number of nitrogens with one attached hydrogen (secondary N) is 1. The minimum Gasteiger partial charge on any atom is -0.461 e. The summed E-state index contributed by atoms with van der Waals surface area (Å²) in [5.41, 5.74) is 0.702. The van der Waals surface area contributed by atoms with E-state index in [1.165, 1.54) is 11.3 Å². The molecule has 0 fully saturated rings. The standard InChI is InChI=1S/C19H23IN2O4S/c1-5-25-17(23)15-14(9-10-21-18(24)26-19(2,3)4)27-16(22-15)12-7-6-8-13(20)11-12/h6-8,11H,5,9-10H2,1-4H3,(H,21,24). The lowest BCUT2D eigenvalue weighted by Gasteiger charge is -2.19. The Morgan fingerprint density at radius 3 is 2.67 bits per heavy atom. The van der Waals surface area contributed by atoms with Crippen molar-refractivity contribution in [3.05, 3.63) is 38.4 Å². The summed E-state index contributed by atoms with van der Waals surface area (Å²) in [6.07, 6.45) is -0.0165. The number of benzene rings is 1. The summed E-state index contributed by atoms with van der Waals surface area (Å²) < 4.78 is 11.4. The van der Waals surface area contributed by atoms with E-state index in [1.807, 2.05) is 45.0 Å². The molecule has 0 saturated heterocycles. The van der Waals surface area contributed by atoms with Gasteiger partial charge >= 0.3 is 12.1 Å². The Morgan fingerprint density at radius 1 is 1.30 bits per heavy atom. The van der Waals surface area contributed by atoms with E-state index in [9.17, 15) is 9.59 Å². The van der Waals surface area contributed by atoms with Crippen LogP contribution in [0.5, 0.6) is 0 Å². The molecule has 1 N–H and O–H groups in total. The monoisotopic (exact) mass is 502 g/mol. The van der Waals surface area contributed by atoms with Crippen molar-refractivity contribution >= 4 is 46.0 Å². The number of ether oxygens (including phenoxy) is 2. The number of rotatable bonds is 6. The Balaban J connectivity index is 2.16. The average Bonchev–Trinajstić information content (AvgIpc) is 2.98. The molecule has 146 valence electrons. The van der Waals surface area contributed by atoms with Crippen molar-refractivity contribution in [1.29, 1.82) is 0 Å². The van der Waals surface area contributed by atoms with Crippen LogP contribution in [0.3, 0.4) is 0 Å². The number of hydrogen-bond acceptors (Lipinski definition) is 6. The fourth-order valence-electron chi connectivity index (χ4n) is 2.22. The number of carbonyl (C=O) groups is 2. The number of alkyl carbamates (subject to hydrolysis) is 1. The highest BCUT2D eigenvalue weighted by Crippen LogP contribution is 2.30. The number of esters is 1.